The molecule has 1 saturated heterocycles. The molecule has 0 spiro atoms. The number of methoxy groups -OCH3 is 2. The maximum Gasteiger partial charge on any atom is 0.118 e. The van der Waals surface area contributed by atoms with Gasteiger partial charge >= 0.3 is 0 Å². The molecule has 98 valence electrons. The number of benzene rings is 2. The van der Waals surface area contributed by atoms with Crippen LogP contribution in [0.2, 0.25) is 0 Å². The predicted molar refractivity (Wildman–Crippen MR) is 72.6 cm³/mol. The summed E-state index contributed by atoms with van der Waals surface area (Å²) in [7, 11) is 3.34. The van der Waals surface area contributed by atoms with Gasteiger partial charge in [0.25, 0.3) is 0 Å². The highest BCUT2D eigenvalue weighted by molar-refractivity contribution is 5.36. The van der Waals surface area contributed by atoms with Crippen molar-refractivity contribution < 1.29 is 14.2 Å². The van der Waals surface area contributed by atoms with E-state index in [1.54, 1.807) is 14.2 Å². The van der Waals surface area contributed by atoms with Crippen LogP contribution < -0.4 is 9.47 Å². The summed E-state index contributed by atoms with van der Waals surface area (Å²) < 4.78 is 16.1. The van der Waals surface area contributed by atoms with Crippen LogP contribution in [0.3, 0.4) is 0 Å². The van der Waals surface area contributed by atoms with Gasteiger partial charge in [-0.2, -0.15) is 0 Å². The topological polar surface area (TPSA) is 31.0 Å². The smallest absolute Gasteiger partial charge is 0.118 e. The molecule has 1 fully saturated rings. The third-order valence-electron chi connectivity index (χ3n) is 3.38. The van der Waals surface area contributed by atoms with Gasteiger partial charge in [0, 0.05) is 0 Å². The minimum absolute atomic E-state index is 0.152. The minimum atomic E-state index is 0.152. The Labute approximate surface area is 112 Å². The highest BCUT2D eigenvalue weighted by Gasteiger charge is 2.41. The summed E-state index contributed by atoms with van der Waals surface area (Å²) in [5, 5.41) is 0. The van der Waals surface area contributed by atoms with Crippen molar-refractivity contribution >= 4 is 0 Å². The zero-order valence-corrected chi connectivity index (χ0v) is 11.0. The van der Waals surface area contributed by atoms with Crippen molar-refractivity contribution in [2.75, 3.05) is 14.2 Å². The van der Waals surface area contributed by atoms with E-state index in [1.165, 1.54) is 11.1 Å². The highest BCUT2D eigenvalue weighted by Crippen LogP contribution is 2.51. The highest BCUT2D eigenvalue weighted by atomic mass is 16.6. The molecule has 0 unspecified atom stereocenters. The lowest BCUT2D eigenvalue weighted by molar-refractivity contribution is 0.377. The van der Waals surface area contributed by atoms with Gasteiger partial charge in [-0.25, -0.2) is 0 Å². The fourth-order valence-electron chi connectivity index (χ4n) is 2.21. The van der Waals surface area contributed by atoms with Crippen LogP contribution in [0.5, 0.6) is 11.5 Å². The van der Waals surface area contributed by atoms with Crippen molar-refractivity contribution in [2.45, 2.75) is 12.2 Å². The molecule has 1 aliphatic heterocycles. The van der Waals surface area contributed by atoms with E-state index >= 15 is 0 Å². The molecule has 0 radical (unpaired) electrons. The minimum Gasteiger partial charge on any atom is -0.497 e. The molecule has 0 bridgehead atoms. The molecular formula is C16H16O3. The Balaban J connectivity index is 1.72. The van der Waals surface area contributed by atoms with Gasteiger partial charge in [-0.1, -0.05) is 24.3 Å². The van der Waals surface area contributed by atoms with Crippen LogP contribution in [0.1, 0.15) is 23.3 Å². The van der Waals surface area contributed by atoms with Crippen molar-refractivity contribution in [1.29, 1.82) is 0 Å². The molecule has 0 aliphatic carbocycles. The van der Waals surface area contributed by atoms with E-state index in [0.29, 0.717) is 0 Å². The van der Waals surface area contributed by atoms with Crippen LogP contribution in [0.4, 0.5) is 0 Å². The van der Waals surface area contributed by atoms with Crippen LogP contribution in [0, 0.1) is 0 Å². The summed E-state index contributed by atoms with van der Waals surface area (Å²) in [6.45, 7) is 0. The molecule has 2 aromatic carbocycles. The Morgan fingerprint density at radius 1 is 0.684 bits per heavy atom. The first kappa shape index (κ1) is 12.1. The van der Waals surface area contributed by atoms with E-state index in [1.807, 2.05) is 48.5 Å². The molecule has 2 atom stereocenters. The summed E-state index contributed by atoms with van der Waals surface area (Å²) in [5.41, 5.74) is 2.36. The molecule has 1 heterocycles. The molecule has 3 nitrogen and oxygen atoms in total. The Hall–Kier alpha value is -2.00. The maximum absolute atomic E-state index is 5.75. The first-order valence-corrected chi connectivity index (χ1v) is 6.25. The lowest BCUT2D eigenvalue weighted by atomic mass is 10.0. The van der Waals surface area contributed by atoms with Crippen molar-refractivity contribution in [3.05, 3.63) is 59.7 Å². The third-order valence-corrected chi connectivity index (χ3v) is 3.38. The second-order valence-corrected chi connectivity index (χ2v) is 4.52. The maximum atomic E-state index is 5.75. The van der Waals surface area contributed by atoms with Gasteiger partial charge < -0.3 is 14.2 Å². The summed E-state index contributed by atoms with van der Waals surface area (Å²) in [6.07, 6.45) is 0.304. The van der Waals surface area contributed by atoms with E-state index in [4.69, 9.17) is 14.2 Å². The van der Waals surface area contributed by atoms with E-state index in [2.05, 4.69) is 0 Å². The van der Waals surface area contributed by atoms with E-state index in [9.17, 15) is 0 Å². The Morgan fingerprint density at radius 2 is 1.05 bits per heavy atom. The van der Waals surface area contributed by atoms with Crippen LogP contribution in [0.25, 0.3) is 0 Å². The van der Waals surface area contributed by atoms with Gasteiger partial charge in [0.2, 0.25) is 0 Å². The molecule has 19 heavy (non-hydrogen) atoms. The van der Waals surface area contributed by atoms with Crippen molar-refractivity contribution in [3.8, 4) is 11.5 Å². The first-order chi connectivity index (χ1) is 9.31. The molecule has 0 amide bonds. The Morgan fingerprint density at radius 3 is 1.37 bits per heavy atom. The average Bonchev–Trinajstić information content (AvgIpc) is 3.28. The zero-order valence-electron chi connectivity index (χ0n) is 11.0. The van der Waals surface area contributed by atoms with Crippen LogP contribution >= 0.6 is 0 Å². The quantitative estimate of drug-likeness (QED) is 0.784. The van der Waals surface area contributed by atoms with Crippen LogP contribution in [-0.2, 0) is 4.74 Å². The fraction of sp³-hybridized carbons (Fsp3) is 0.250. The summed E-state index contributed by atoms with van der Waals surface area (Å²) in [4.78, 5) is 0. The second kappa shape index (κ2) is 4.94. The Kier molecular flexibility index (Phi) is 3.13. The SMILES string of the molecule is COc1ccc([C@H]2O[C@@H]2c2ccc(OC)cc2)cc1. The normalized spacial score (nSPS) is 20.9. The number of ether oxygens (including phenoxy) is 3. The predicted octanol–water partition coefficient (Wildman–Crippen LogP) is 3.52. The molecule has 2 aromatic rings. The largest absolute Gasteiger partial charge is 0.497 e. The lowest BCUT2D eigenvalue weighted by Gasteiger charge is -2.02. The number of hydrogen-bond donors (Lipinski definition) is 0. The van der Waals surface area contributed by atoms with Crippen molar-refractivity contribution in [2.24, 2.45) is 0 Å². The lowest BCUT2D eigenvalue weighted by Crippen LogP contribution is -1.87. The summed E-state index contributed by atoms with van der Waals surface area (Å²) in [5.74, 6) is 1.73. The number of hydrogen-bond acceptors (Lipinski definition) is 3. The molecule has 0 aromatic heterocycles. The molecular weight excluding hydrogens is 240 g/mol. The van der Waals surface area contributed by atoms with Crippen LogP contribution in [-0.4, -0.2) is 14.2 Å². The Bertz CT molecular complexity index is 494. The second-order valence-electron chi connectivity index (χ2n) is 4.52. The third kappa shape index (κ3) is 2.42. The van der Waals surface area contributed by atoms with Crippen LogP contribution in [0.15, 0.2) is 48.5 Å². The molecule has 1 aliphatic rings. The average molecular weight is 256 g/mol. The number of epoxide rings is 1. The fourth-order valence-corrected chi connectivity index (χ4v) is 2.21. The van der Waals surface area contributed by atoms with Crippen molar-refractivity contribution in [1.82, 2.24) is 0 Å². The van der Waals surface area contributed by atoms with Gasteiger partial charge in [-0.05, 0) is 35.4 Å². The van der Waals surface area contributed by atoms with Gasteiger partial charge in [-0.3, -0.25) is 0 Å². The van der Waals surface area contributed by atoms with Gasteiger partial charge in [0.05, 0.1) is 14.2 Å². The van der Waals surface area contributed by atoms with Gasteiger partial charge in [-0.15, -0.1) is 0 Å². The molecule has 3 rings (SSSR count). The van der Waals surface area contributed by atoms with Gasteiger partial charge in [0.1, 0.15) is 23.7 Å². The van der Waals surface area contributed by atoms with E-state index < -0.39 is 0 Å². The van der Waals surface area contributed by atoms with E-state index in [-0.39, 0.29) is 12.2 Å². The molecule has 0 saturated carbocycles. The monoisotopic (exact) mass is 256 g/mol. The zero-order chi connectivity index (χ0) is 13.2. The molecule has 0 N–H and O–H groups in total. The number of rotatable bonds is 4. The molecule has 3 heteroatoms. The summed E-state index contributed by atoms with van der Waals surface area (Å²) >= 11 is 0. The van der Waals surface area contributed by atoms with Crippen molar-refractivity contribution in [3.63, 3.8) is 0 Å². The standard InChI is InChI=1S/C16H16O3/c1-17-13-7-3-11(4-8-13)15-16(19-15)12-5-9-14(18-2)10-6-12/h3-10,15-16H,1-2H3/t15-,16-/m1/s1. The van der Waals surface area contributed by atoms with E-state index in [0.717, 1.165) is 11.5 Å². The van der Waals surface area contributed by atoms with Gasteiger partial charge in [0.15, 0.2) is 0 Å². The summed E-state index contributed by atoms with van der Waals surface area (Å²) in [6, 6.07) is 16.0. The first-order valence-electron chi connectivity index (χ1n) is 6.25.